The molecule has 4 rings (SSSR count). The first kappa shape index (κ1) is 10.6. The molecule has 0 radical (unpaired) electrons. The van der Waals surface area contributed by atoms with Gasteiger partial charge in [-0.1, -0.05) is 13.0 Å². The van der Waals surface area contributed by atoms with Crippen LogP contribution >= 0.6 is 11.3 Å². The summed E-state index contributed by atoms with van der Waals surface area (Å²) in [5, 5.41) is 5.98. The summed E-state index contributed by atoms with van der Waals surface area (Å²) in [6.07, 6.45) is 4.63. The van der Waals surface area contributed by atoms with E-state index in [1.54, 1.807) is 11.3 Å². The maximum atomic E-state index is 3.75. The zero-order valence-electron chi connectivity index (χ0n) is 10.4. The molecule has 0 saturated heterocycles. The SMILES string of the molecule is CCNC(c1cccs1)C1C2C3CCC(C3)C21. The van der Waals surface area contributed by atoms with E-state index >= 15 is 0 Å². The number of rotatable bonds is 4. The Kier molecular flexibility index (Phi) is 2.38. The second kappa shape index (κ2) is 3.83. The Morgan fingerprint density at radius 3 is 2.71 bits per heavy atom. The molecule has 2 heteroatoms. The van der Waals surface area contributed by atoms with Crippen LogP contribution in [0, 0.1) is 29.6 Å². The third kappa shape index (κ3) is 1.47. The molecule has 0 aromatic carbocycles. The van der Waals surface area contributed by atoms with Crippen LogP contribution in [0.4, 0.5) is 0 Å². The van der Waals surface area contributed by atoms with Crippen molar-refractivity contribution in [2.24, 2.45) is 29.6 Å². The lowest BCUT2D eigenvalue weighted by Gasteiger charge is -2.20. The predicted octanol–water partition coefficient (Wildman–Crippen LogP) is 3.69. The highest BCUT2D eigenvalue weighted by molar-refractivity contribution is 7.10. The van der Waals surface area contributed by atoms with Gasteiger partial charge in [0, 0.05) is 10.9 Å². The molecule has 0 aliphatic heterocycles. The molecule has 3 saturated carbocycles. The highest BCUT2D eigenvalue weighted by Crippen LogP contribution is 2.72. The molecular formula is C15H21NS. The van der Waals surface area contributed by atoms with Gasteiger partial charge in [-0.2, -0.15) is 0 Å². The maximum Gasteiger partial charge on any atom is 0.0449 e. The Morgan fingerprint density at radius 2 is 2.12 bits per heavy atom. The van der Waals surface area contributed by atoms with Crippen LogP contribution in [-0.2, 0) is 0 Å². The van der Waals surface area contributed by atoms with Gasteiger partial charge in [0.2, 0.25) is 0 Å². The van der Waals surface area contributed by atoms with Crippen LogP contribution in [0.25, 0.3) is 0 Å². The first-order chi connectivity index (χ1) is 8.40. The molecule has 0 amide bonds. The Labute approximate surface area is 108 Å². The lowest BCUT2D eigenvalue weighted by Crippen LogP contribution is -2.24. The number of hydrogen-bond acceptors (Lipinski definition) is 2. The van der Waals surface area contributed by atoms with Gasteiger partial charge in [-0.05, 0) is 66.8 Å². The van der Waals surface area contributed by atoms with Crippen LogP contribution < -0.4 is 5.32 Å². The first-order valence-corrected chi connectivity index (χ1v) is 8.05. The van der Waals surface area contributed by atoms with Gasteiger partial charge in [-0.15, -0.1) is 11.3 Å². The van der Waals surface area contributed by atoms with Crippen LogP contribution in [0.5, 0.6) is 0 Å². The molecule has 3 aliphatic carbocycles. The Hall–Kier alpha value is -0.340. The van der Waals surface area contributed by atoms with E-state index in [-0.39, 0.29) is 0 Å². The number of thiophene rings is 1. The van der Waals surface area contributed by atoms with Crippen LogP contribution in [-0.4, -0.2) is 6.54 Å². The molecule has 1 heterocycles. The molecule has 92 valence electrons. The van der Waals surface area contributed by atoms with Crippen molar-refractivity contribution < 1.29 is 0 Å². The summed E-state index contributed by atoms with van der Waals surface area (Å²) in [5.41, 5.74) is 0. The average Bonchev–Trinajstić information content (AvgIpc) is 2.82. The molecule has 1 nitrogen and oxygen atoms in total. The summed E-state index contributed by atoms with van der Waals surface area (Å²) < 4.78 is 0. The lowest BCUT2D eigenvalue weighted by atomic mass is 9.96. The van der Waals surface area contributed by atoms with Gasteiger partial charge in [0.15, 0.2) is 0 Å². The Morgan fingerprint density at radius 1 is 1.35 bits per heavy atom. The molecule has 0 spiro atoms. The molecule has 1 aromatic heterocycles. The van der Waals surface area contributed by atoms with Gasteiger partial charge < -0.3 is 5.32 Å². The second-order valence-electron chi connectivity index (χ2n) is 6.12. The minimum Gasteiger partial charge on any atom is -0.309 e. The van der Waals surface area contributed by atoms with Gasteiger partial charge in [0.1, 0.15) is 0 Å². The fourth-order valence-corrected chi connectivity index (χ4v) is 5.81. The summed E-state index contributed by atoms with van der Waals surface area (Å²) in [6, 6.07) is 5.20. The van der Waals surface area contributed by atoms with Crippen LogP contribution in [0.15, 0.2) is 17.5 Å². The van der Waals surface area contributed by atoms with E-state index in [0.717, 1.165) is 36.1 Å². The fraction of sp³-hybridized carbons (Fsp3) is 0.733. The highest BCUT2D eigenvalue weighted by atomic mass is 32.1. The summed E-state index contributed by atoms with van der Waals surface area (Å²) in [5.74, 6) is 5.33. The van der Waals surface area contributed by atoms with E-state index in [1.807, 2.05) is 11.3 Å². The fourth-order valence-electron chi connectivity index (χ4n) is 4.95. The summed E-state index contributed by atoms with van der Waals surface area (Å²) >= 11 is 1.94. The largest absolute Gasteiger partial charge is 0.309 e. The topological polar surface area (TPSA) is 12.0 Å². The van der Waals surface area contributed by atoms with Crippen molar-refractivity contribution in [1.82, 2.24) is 5.32 Å². The predicted molar refractivity (Wildman–Crippen MR) is 72.0 cm³/mol. The smallest absolute Gasteiger partial charge is 0.0449 e. The second-order valence-corrected chi connectivity index (χ2v) is 7.10. The summed E-state index contributed by atoms with van der Waals surface area (Å²) in [4.78, 5) is 1.57. The quantitative estimate of drug-likeness (QED) is 0.855. The van der Waals surface area contributed by atoms with E-state index in [2.05, 4.69) is 29.8 Å². The van der Waals surface area contributed by atoms with Crippen LogP contribution in [0.2, 0.25) is 0 Å². The molecule has 3 fully saturated rings. The monoisotopic (exact) mass is 247 g/mol. The Bertz CT molecular complexity index is 383. The summed E-state index contributed by atoms with van der Waals surface area (Å²) in [6.45, 7) is 3.35. The van der Waals surface area contributed by atoms with E-state index in [4.69, 9.17) is 0 Å². The molecule has 1 aromatic rings. The van der Waals surface area contributed by atoms with E-state index < -0.39 is 0 Å². The molecule has 2 bridgehead atoms. The molecule has 5 unspecified atom stereocenters. The maximum absolute atomic E-state index is 3.75. The van der Waals surface area contributed by atoms with Gasteiger partial charge in [0.25, 0.3) is 0 Å². The van der Waals surface area contributed by atoms with E-state index in [1.165, 1.54) is 12.8 Å². The van der Waals surface area contributed by atoms with Crippen LogP contribution in [0.1, 0.15) is 37.1 Å². The average molecular weight is 247 g/mol. The number of fused-ring (bicyclic) bond motifs is 5. The third-order valence-electron chi connectivity index (χ3n) is 5.45. The van der Waals surface area contributed by atoms with E-state index in [0.29, 0.717) is 6.04 Å². The zero-order valence-corrected chi connectivity index (χ0v) is 11.2. The van der Waals surface area contributed by atoms with E-state index in [9.17, 15) is 0 Å². The standard InChI is InChI=1S/C15H21NS/c1-2-16-15(11-4-3-7-17-11)14-12-9-5-6-10(8-9)13(12)14/h3-4,7,9-10,12-16H,2,5-6,8H2,1H3. The molecule has 5 atom stereocenters. The van der Waals surface area contributed by atoms with Crippen molar-refractivity contribution in [2.75, 3.05) is 6.54 Å². The normalized spacial score (nSPS) is 43.7. The van der Waals surface area contributed by atoms with Crippen molar-refractivity contribution in [3.63, 3.8) is 0 Å². The minimum absolute atomic E-state index is 0.665. The molecule has 3 aliphatic rings. The van der Waals surface area contributed by atoms with Crippen molar-refractivity contribution >= 4 is 11.3 Å². The summed E-state index contributed by atoms with van der Waals surface area (Å²) in [7, 11) is 0. The molecule has 17 heavy (non-hydrogen) atoms. The first-order valence-electron chi connectivity index (χ1n) is 7.17. The minimum atomic E-state index is 0.665. The zero-order chi connectivity index (χ0) is 11.4. The third-order valence-corrected chi connectivity index (χ3v) is 6.41. The highest BCUT2D eigenvalue weighted by Gasteiger charge is 2.66. The van der Waals surface area contributed by atoms with Crippen molar-refractivity contribution in [3.05, 3.63) is 22.4 Å². The van der Waals surface area contributed by atoms with Gasteiger partial charge in [-0.25, -0.2) is 0 Å². The number of nitrogens with one attached hydrogen (secondary N) is 1. The van der Waals surface area contributed by atoms with Crippen molar-refractivity contribution in [2.45, 2.75) is 32.2 Å². The van der Waals surface area contributed by atoms with Crippen molar-refractivity contribution in [3.8, 4) is 0 Å². The lowest BCUT2D eigenvalue weighted by molar-refractivity contribution is 0.378. The number of hydrogen-bond donors (Lipinski definition) is 1. The van der Waals surface area contributed by atoms with Crippen LogP contribution in [0.3, 0.4) is 0 Å². The Balaban J connectivity index is 1.57. The van der Waals surface area contributed by atoms with Gasteiger partial charge in [0.05, 0.1) is 0 Å². The van der Waals surface area contributed by atoms with Crippen molar-refractivity contribution in [1.29, 1.82) is 0 Å². The molecular weight excluding hydrogens is 226 g/mol. The molecule has 1 N–H and O–H groups in total. The van der Waals surface area contributed by atoms with Gasteiger partial charge in [-0.3, -0.25) is 0 Å². The van der Waals surface area contributed by atoms with Gasteiger partial charge >= 0.3 is 0 Å².